The highest BCUT2D eigenvalue weighted by molar-refractivity contribution is 6.30. The monoisotopic (exact) mass is 362 g/mol. The smallest absolute Gasteiger partial charge is 0.269 e. The minimum absolute atomic E-state index is 0.129. The van der Waals surface area contributed by atoms with Crippen LogP contribution in [0.2, 0.25) is 5.02 Å². The number of carbonyl (C=O) groups excluding carboxylic acids is 2. The molecule has 2 aromatic rings. The number of ether oxygens (including phenoxy) is 2. The topological polar surface area (TPSA) is 76.7 Å². The molecule has 0 unspecified atom stereocenters. The normalized spacial score (nSPS) is 10.0. The molecule has 0 heterocycles. The van der Waals surface area contributed by atoms with Gasteiger partial charge in [-0.05, 0) is 42.8 Å². The summed E-state index contributed by atoms with van der Waals surface area (Å²) in [5, 5.41) is 0.599. The first-order chi connectivity index (χ1) is 12.0. The Hall–Kier alpha value is -2.73. The van der Waals surface area contributed by atoms with Gasteiger partial charge in [-0.15, -0.1) is 0 Å². The molecule has 0 radical (unpaired) electrons. The van der Waals surface area contributed by atoms with Crippen molar-refractivity contribution in [2.45, 2.75) is 13.3 Å². The molecule has 0 bridgehead atoms. The molecule has 132 valence electrons. The molecule has 2 rings (SSSR count). The number of hydrogen-bond acceptors (Lipinski definition) is 4. The number of benzene rings is 2. The van der Waals surface area contributed by atoms with Crippen LogP contribution in [0.15, 0.2) is 42.5 Å². The van der Waals surface area contributed by atoms with Crippen molar-refractivity contribution in [3.05, 3.63) is 58.6 Å². The Balaban J connectivity index is 1.93. The zero-order chi connectivity index (χ0) is 18.2. The van der Waals surface area contributed by atoms with E-state index in [1.807, 2.05) is 6.92 Å². The van der Waals surface area contributed by atoms with E-state index in [-0.39, 0.29) is 12.3 Å². The maximum absolute atomic E-state index is 12.1. The number of carbonyl (C=O) groups is 2. The number of hydrogen-bond donors (Lipinski definition) is 2. The van der Waals surface area contributed by atoms with Gasteiger partial charge in [0.1, 0.15) is 0 Å². The van der Waals surface area contributed by atoms with Crippen molar-refractivity contribution in [2.75, 3.05) is 13.7 Å². The second kappa shape index (κ2) is 8.94. The van der Waals surface area contributed by atoms with E-state index in [1.165, 1.54) is 7.11 Å². The van der Waals surface area contributed by atoms with E-state index in [2.05, 4.69) is 10.9 Å². The van der Waals surface area contributed by atoms with E-state index in [0.717, 1.165) is 5.56 Å². The van der Waals surface area contributed by atoms with Gasteiger partial charge in [0.05, 0.1) is 20.1 Å². The average Bonchev–Trinajstić information content (AvgIpc) is 2.62. The molecule has 0 aliphatic rings. The Kier molecular flexibility index (Phi) is 6.65. The highest BCUT2D eigenvalue weighted by Crippen LogP contribution is 2.27. The number of methoxy groups -OCH3 is 1. The standard InChI is InChI=1S/C18H19ClN2O4/c1-3-25-15-9-6-13(11-16(15)24-2)18(23)21-20-17(22)10-12-4-7-14(19)8-5-12/h4-9,11H,3,10H2,1-2H3,(H,20,22)(H,21,23). The molecule has 7 heteroatoms. The van der Waals surface area contributed by atoms with Gasteiger partial charge < -0.3 is 9.47 Å². The first-order valence-corrected chi connectivity index (χ1v) is 8.05. The van der Waals surface area contributed by atoms with E-state index in [1.54, 1.807) is 42.5 Å². The van der Waals surface area contributed by atoms with Gasteiger partial charge in [0, 0.05) is 10.6 Å². The molecule has 2 aromatic carbocycles. The van der Waals surface area contributed by atoms with E-state index in [9.17, 15) is 9.59 Å². The minimum atomic E-state index is -0.453. The summed E-state index contributed by atoms with van der Waals surface area (Å²) in [6.07, 6.45) is 0.129. The number of nitrogens with one attached hydrogen (secondary N) is 2. The highest BCUT2D eigenvalue weighted by atomic mass is 35.5. The van der Waals surface area contributed by atoms with Crippen LogP contribution in [0.3, 0.4) is 0 Å². The highest BCUT2D eigenvalue weighted by Gasteiger charge is 2.12. The van der Waals surface area contributed by atoms with Gasteiger partial charge in [0.2, 0.25) is 5.91 Å². The first-order valence-electron chi connectivity index (χ1n) is 7.68. The summed E-state index contributed by atoms with van der Waals surface area (Å²) in [6.45, 7) is 2.35. The van der Waals surface area contributed by atoms with E-state index in [4.69, 9.17) is 21.1 Å². The molecular weight excluding hydrogens is 344 g/mol. The maximum Gasteiger partial charge on any atom is 0.269 e. The Morgan fingerprint density at radius 2 is 1.76 bits per heavy atom. The molecule has 2 N–H and O–H groups in total. The molecule has 6 nitrogen and oxygen atoms in total. The Morgan fingerprint density at radius 3 is 2.40 bits per heavy atom. The third-order valence-electron chi connectivity index (χ3n) is 3.32. The van der Waals surface area contributed by atoms with Crippen LogP contribution in [0.25, 0.3) is 0 Å². The molecule has 0 aromatic heterocycles. The Morgan fingerprint density at radius 1 is 1.04 bits per heavy atom. The lowest BCUT2D eigenvalue weighted by Gasteiger charge is -2.11. The number of hydrazine groups is 1. The maximum atomic E-state index is 12.1. The van der Waals surface area contributed by atoms with Crippen LogP contribution in [0, 0.1) is 0 Å². The van der Waals surface area contributed by atoms with Gasteiger partial charge in [0.25, 0.3) is 5.91 Å². The number of rotatable bonds is 6. The predicted molar refractivity (Wildman–Crippen MR) is 94.9 cm³/mol. The quantitative estimate of drug-likeness (QED) is 0.775. The second-order valence-electron chi connectivity index (χ2n) is 5.10. The van der Waals surface area contributed by atoms with E-state index in [0.29, 0.717) is 28.7 Å². The summed E-state index contributed by atoms with van der Waals surface area (Å²) in [7, 11) is 1.49. The fraction of sp³-hybridized carbons (Fsp3) is 0.222. The summed E-state index contributed by atoms with van der Waals surface area (Å²) in [5.74, 6) is 0.203. The van der Waals surface area contributed by atoms with Crippen molar-refractivity contribution in [1.29, 1.82) is 0 Å². The summed E-state index contributed by atoms with van der Waals surface area (Å²) < 4.78 is 10.6. The molecule has 0 atom stereocenters. The van der Waals surface area contributed by atoms with Crippen LogP contribution < -0.4 is 20.3 Å². The van der Waals surface area contributed by atoms with Crippen LogP contribution in [0.1, 0.15) is 22.8 Å². The largest absolute Gasteiger partial charge is 0.493 e. The number of amides is 2. The van der Waals surface area contributed by atoms with Gasteiger partial charge in [0.15, 0.2) is 11.5 Å². The molecule has 0 spiro atoms. The van der Waals surface area contributed by atoms with Gasteiger partial charge in [-0.25, -0.2) is 0 Å². The lowest BCUT2D eigenvalue weighted by atomic mass is 10.1. The molecular formula is C18H19ClN2O4. The predicted octanol–water partition coefficient (Wildman–Crippen LogP) is 2.75. The van der Waals surface area contributed by atoms with Crippen LogP contribution in [0.4, 0.5) is 0 Å². The molecule has 0 fully saturated rings. The van der Waals surface area contributed by atoms with E-state index < -0.39 is 5.91 Å². The van der Waals surface area contributed by atoms with Gasteiger partial charge in [-0.2, -0.15) is 0 Å². The first kappa shape index (κ1) is 18.6. The van der Waals surface area contributed by atoms with Crippen molar-refractivity contribution in [3.63, 3.8) is 0 Å². The zero-order valence-corrected chi connectivity index (χ0v) is 14.7. The third kappa shape index (κ3) is 5.39. The Bertz CT molecular complexity index is 747. The fourth-order valence-electron chi connectivity index (χ4n) is 2.11. The van der Waals surface area contributed by atoms with Gasteiger partial charge in [-0.1, -0.05) is 23.7 Å². The summed E-state index contributed by atoms with van der Waals surface area (Å²) in [5.41, 5.74) is 5.88. The summed E-state index contributed by atoms with van der Waals surface area (Å²) >= 11 is 5.80. The van der Waals surface area contributed by atoms with Crippen LogP contribution in [-0.4, -0.2) is 25.5 Å². The van der Waals surface area contributed by atoms with Crippen LogP contribution >= 0.6 is 11.6 Å². The molecule has 25 heavy (non-hydrogen) atoms. The SMILES string of the molecule is CCOc1ccc(C(=O)NNC(=O)Cc2ccc(Cl)cc2)cc1OC. The average molecular weight is 363 g/mol. The molecule has 0 saturated heterocycles. The molecule has 0 saturated carbocycles. The van der Waals surface area contributed by atoms with Gasteiger partial charge >= 0.3 is 0 Å². The summed E-state index contributed by atoms with van der Waals surface area (Å²) in [6, 6.07) is 11.7. The van der Waals surface area contributed by atoms with Crippen LogP contribution in [-0.2, 0) is 11.2 Å². The molecule has 0 aliphatic carbocycles. The minimum Gasteiger partial charge on any atom is -0.493 e. The fourth-order valence-corrected chi connectivity index (χ4v) is 2.24. The van der Waals surface area contributed by atoms with Crippen molar-refractivity contribution in [3.8, 4) is 11.5 Å². The lowest BCUT2D eigenvalue weighted by Crippen LogP contribution is -2.42. The van der Waals surface area contributed by atoms with Gasteiger partial charge in [-0.3, -0.25) is 20.4 Å². The Labute approximate surface area is 151 Å². The molecule has 0 aliphatic heterocycles. The van der Waals surface area contributed by atoms with Crippen molar-refractivity contribution in [2.24, 2.45) is 0 Å². The lowest BCUT2D eigenvalue weighted by molar-refractivity contribution is -0.121. The zero-order valence-electron chi connectivity index (χ0n) is 14.0. The second-order valence-corrected chi connectivity index (χ2v) is 5.54. The summed E-state index contributed by atoms with van der Waals surface area (Å²) in [4.78, 5) is 24.0. The van der Waals surface area contributed by atoms with E-state index >= 15 is 0 Å². The van der Waals surface area contributed by atoms with Crippen molar-refractivity contribution >= 4 is 23.4 Å². The van der Waals surface area contributed by atoms with Crippen molar-refractivity contribution in [1.82, 2.24) is 10.9 Å². The number of halogens is 1. The third-order valence-corrected chi connectivity index (χ3v) is 3.57. The van der Waals surface area contributed by atoms with Crippen LogP contribution in [0.5, 0.6) is 11.5 Å². The van der Waals surface area contributed by atoms with Crippen molar-refractivity contribution < 1.29 is 19.1 Å². The molecule has 2 amide bonds.